The second-order valence-corrected chi connectivity index (χ2v) is 7.83. The van der Waals surface area contributed by atoms with E-state index in [9.17, 15) is 35.1 Å². The molecule has 0 saturated carbocycles. The number of aryl methyl sites for hydroxylation is 1. The number of halogens is 8. The van der Waals surface area contributed by atoms with Crippen LogP contribution in [-0.4, -0.2) is 65.7 Å². The molecule has 0 atom stereocenters. The number of carbonyl (C=O) groups is 2. The quantitative estimate of drug-likeness (QED) is 0.397. The van der Waals surface area contributed by atoms with E-state index in [0.717, 1.165) is 49.2 Å². The molecule has 0 saturated heterocycles. The van der Waals surface area contributed by atoms with Crippen molar-refractivity contribution in [3.8, 4) is 11.3 Å². The molecule has 0 radical (unpaired) electrons. The maximum Gasteiger partial charge on any atom is 0.490 e. The minimum atomic E-state index is -5.08. The first-order valence-corrected chi connectivity index (χ1v) is 10.9. The van der Waals surface area contributed by atoms with Crippen LogP contribution < -0.4 is 0 Å². The van der Waals surface area contributed by atoms with Crippen LogP contribution in [0.25, 0.3) is 11.3 Å². The van der Waals surface area contributed by atoms with Crippen molar-refractivity contribution >= 4 is 11.9 Å². The van der Waals surface area contributed by atoms with E-state index >= 15 is 0 Å². The second kappa shape index (κ2) is 12.7. The molecule has 9 nitrogen and oxygen atoms in total. The van der Waals surface area contributed by atoms with Crippen LogP contribution in [0.4, 0.5) is 35.1 Å². The number of imidazole rings is 1. The first kappa shape index (κ1) is 31.2. The van der Waals surface area contributed by atoms with Crippen molar-refractivity contribution < 1.29 is 54.9 Å². The van der Waals surface area contributed by atoms with Gasteiger partial charge in [0.1, 0.15) is 5.82 Å². The molecule has 3 heterocycles. The van der Waals surface area contributed by atoms with E-state index in [-0.39, 0.29) is 5.56 Å². The average molecular weight is 571 g/mol. The van der Waals surface area contributed by atoms with Gasteiger partial charge in [-0.25, -0.2) is 23.4 Å². The fraction of sp³-hybridized carbons (Fsp3) is 0.364. The zero-order valence-electron chi connectivity index (χ0n) is 19.9. The zero-order chi connectivity index (χ0) is 29.5. The van der Waals surface area contributed by atoms with Crippen molar-refractivity contribution in [2.24, 2.45) is 0 Å². The SMILES string of the molecule is CCn1ccnc1CN1CCc2[nH]nc(-c3cccc(F)c3F)c2C1.O=C(O)C(F)(F)F.O=C(O)C(F)(F)F. The normalized spacial score (nSPS) is 13.5. The molecular weight excluding hydrogens is 550 g/mol. The van der Waals surface area contributed by atoms with E-state index in [4.69, 9.17) is 19.8 Å². The lowest BCUT2D eigenvalue weighted by Crippen LogP contribution is -2.31. The number of hydrogen-bond acceptors (Lipinski definition) is 5. The highest BCUT2D eigenvalue weighted by Gasteiger charge is 2.38. The van der Waals surface area contributed by atoms with Crippen molar-refractivity contribution in [1.82, 2.24) is 24.6 Å². The highest BCUT2D eigenvalue weighted by molar-refractivity contribution is 5.73. The Morgan fingerprint density at radius 1 is 1.05 bits per heavy atom. The third kappa shape index (κ3) is 8.49. The molecule has 0 amide bonds. The van der Waals surface area contributed by atoms with Gasteiger partial charge in [-0.3, -0.25) is 10.00 Å². The number of H-pyrrole nitrogens is 1. The van der Waals surface area contributed by atoms with Crippen LogP contribution in [0.3, 0.4) is 0 Å². The van der Waals surface area contributed by atoms with Crippen LogP contribution in [0.2, 0.25) is 0 Å². The van der Waals surface area contributed by atoms with Crippen molar-refractivity contribution in [2.75, 3.05) is 6.54 Å². The number of aromatic nitrogens is 4. The summed E-state index contributed by atoms with van der Waals surface area (Å²) in [6.07, 6.45) is -5.60. The molecule has 0 bridgehead atoms. The van der Waals surface area contributed by atoms with E-state index in [2.05, 4.69) is 31.6 Å². The van der Waals surface area contributed by atoms with Gasteiger partial charge in [0, 0.05) is 55.3 Å². The second-order valence-electron chi connectivity index (χ2n) is 7.83. The summed E-state index contributed by atoms with van der Waals surface area (Å²) in [4.78, 5) is 24.5. The van der Waals surface area contributed by atoms with Crippen LogP contribution in [-0.2, 0) is 35.6 Å². The van der Waals surface area contributed by atoms with Crippen molar-refractivity contribution in [3.63, 3.8) is 0 Å². The largest absolute Gasteiger partial charge is 0.490 e. The number of carboxylic acid groups (broad SMARTS) is 2. The molecule has 17 heteroatoms. The van der Waals surface area contributed by atoms with Gasteiger partial charge < -0.3 is 14.8 Å². The molecule has 2 aromatic heterocycles. The minimum Gasteiger partial charge on any atom is -0.475 e. The summed E-state index contributed by atoms with van der Waals surface area (Å²) in [5.41, 5.74) is 2.63. The Labute approximate surface area is 214 Å². The predicted octanol–water partition coefficient (Wildman–Crippen LogP) is 4.40. The van der Waals surface area contributed by atoms with Gasteiger partial charge in [0.2, 0.25) is 0 Å². The number of hydrogen-bond donors (Lipinski definition) is 3. The Morgan fingerprint density at radius 3 is 2.18 bits per heavy atom. The first-order valence-electron chi connectivity index (χ1n) is 10.9. The molecule has 1 aliphatic rings. The topological polar surface area (TPSA) is 124 Å². The minimum absolute atomic E-state index is 0.203. The number of rotatable bonds is 4. The van der Waals surface area contributed by atoms with Crippen molar-refractivity contribution in [2.45, 2.75) is 45.3 Å². The molecule has 3 N–H and O–H groups in total. The number of fused-ring (bicyclic) bond motifs is 1. The molecule has 1 aromatic carbocycles. The van der Waals surface area contributed by atoms with Gasteiger partial charge in [-0.15, -0.1) is 0 Å². The van der Waals surface area contributed by atoms with E-state index in [1.54, 1.807) is 12.3 Å². The molecule has 39 heavy (non-hydrogen) atoms. The van der Waals surface area contributed by atoms with Gasteiger partial charge in [0.25, 0.3) is 0 Å². The lowest BCUT2D eigenvalue weighted by molar-refractivity contribution is -0.193. The van der Waals surface area contributed by atoms with Gasteiger partial charge in [0.15, 0.2) is 11.6 Å². The van der Waals surface area contributed by atoms with Crippen LogP contribution in [0, 0.1) is 11.6 Å². The number of nitrogens with one attached hydrogen (secondary N) is 1. The van der Waals surface area contributed by atoms with Gasteiger partial charge in [0.05, 0.1) is 12.2 Å². The number of carboxylic acids is 2. The fourth-order valence-corrected chi connectivity index (χ4v) is 3.37. The van der Waals surface area contributed by atoms with Crippen LogP contribution in [0.1, 0.15) is 24.0 Å². The van der Waals surface area contributed by atoms with E-state index in [1.165, 1.54) is 6.07 Å². The van der Waals surface area contributed by atoms with E-state index in [0.29, 0.717) is 12.2 Å². The lowest BCUT2D eigenvalue weighted by atomic mass is 10.0. The Hall–Kier alpha value is -4.02. The standard InChI is InChI=1S/C18H19F2N5.2C2HF3O2/c1-2-25-9-7-21-16(25)11-24-8-6-15-13(10-24)18(23-22-15)12-4-3-5-14(19)17(12)20;2*3-2(4,5)1(6)7/h3-5,7,9H,2,6,8,10-11H2,1H3,(H,22,23);2*(H,6,7). The van der Waals surface area contributed by atoms with Crippen LogP contribution in [0.15, 0.2) is 30.6 Å². The monoisotopic (exact) mass is 571 g/mol. The summed E-state index contributed by atoms with van der Waals surface area (Å²) in [7, 11) is 0. The van der Waals surface area contributed by atoms with Gasteiger partial charge in [-0.2, -0.15) is 31.4 Å². The smallest absolute Gasteiger partial charge is 0.475 e. The van der Waals surface area contributed by atoms with Crippen molar-refractivity contribution in [1.29, 1.82) is 0 Å². The summed E-state index contributed by atoms with van der Waals surface area (Å²) in [6, 6.07) is 4.19. The molecule has 214 valence electrons. The summed E-state index contributed by atoms with van der Waals surface area (Å²) in [5.74, 6) is -6.21. The Balaban J connectivity index is 0.000000317. The summed E-state index contributed by atoms with van der Waals surface area (Å²) in [5, 5.41) is 21.5. The van der Waals surface area contributed by atoms with E-state index < -0.39 is 35.9 Å². The van der Waals surface area contributed by atoms with Gasteiger partial charge in [-0.1, -0.05) is 6.07 Å². The number of alkyl halides is 6. The molecule has 0 fully saturated rings. The lowest BCUT2D eigenvalue weighted by Gasteiger charge is -2.26. The molecule has 0 aliphatic carbocycles. The average Bonchev–Trinajstić information content (AvgIpc) is 3.47. The number of nitrogens with zero attached hydrogens (tertiary/aromatic N) is 4. The maximum atomic E-state index is 14.2. The molecule has 1 aliphatic heterocycles. The highest BCUT2D eigenvalue weighted by atomic mass is 19.4. The summed E-state index contributed by atoms with van der Waals surface area (Å²) >= 11 is 0. The summed E-state index contributed by atoms with van der Waals surface area (Å²) in [6.45, 7) is 5.18. The Morgan fingerprint density at radius 2 is 1.64 bits per heavy atom. The van der Waals surface area contributed by atoms with Crippen LogP contribution >= 0.6 is 0 Å². The fourth-order valence-electron chi connectivity index (χ4n) is 3.37. The zero-order valence-corrected chi connectivity index (χ0v) is 19.9. The highest BCUT2D eigenvalue weighted by Crippen LogP contribution is 2.31. The number of aromatic amines is 1. The molecular formula is C22H21F8N5O4. The number of benzene rings is 1. The summed E-state index contributed by atoms with van der Waals surface area (Å²) < 4.78 is 93.3. The van der Waals surface area contributed by atoms with Gasteiger partial charge in [-0.05, 0) is 19.1 Å². The molecule has 3 aromatic rings. The Kier molecular flexibility index (Phi) is 10.1. The molecule has 0 spiro atoms. The van der Waals surface area contributed by atoms with Crippen LogP contribution in [0.5, 0.6) is 0 Å². The van der Waals surface area contributed by atoms with E-state index in [1.807, 2.05) is 6.20 Å². The third-order valence-corrected chi connectivity index (χ3v) is 5.21. The molecule has 0 unspecified atom stereocenters. The predicted molar refractivity (Wildman–Crippen MR) is 117 cm³/mol. The van der Waals surface area contributed by atoms with Gasteiger partial charge >= 0.3 is 24.3 Å². The van der Waals surface area contributed by atoms with Crippen molar-refractivity contribution in [3.05, 3.63) is 59.3 Å². The number of aliphatic carboxylic acids is 2. The Bertz CT molecular complexity index is 1260. The molecule has 4 rings (SSSR count). The maximum absolute atomic E-state index is 14.2. The third-order valence-electron chi connectivity index (χ3n) is 5.21. The first-order chi connectivity index (χ1) is 18.1.